The Hall–Kier alpha value is -0.0800. The monoisotopic (exact) mass is 225 g/mol. The van der Waals surface area contributed by atoms with Crippen LogP contribution in [0.15, 0.2) is 0 Å². The molecule has 1 N–H and O–H groups in total. The van der Waals surface area contributed by atoms with Crippen molar-refractivity contribution in [1.29, 1.82) is 0 Å². The van der Waals surface area contributed by atoms with Crippen molar-refractivity contribution in [3.63, 3.8) is 0 Å². The van der Waals surface area contributed by atoms with Crippen LogP contribution in [0.5, 0.6) is 0 Å². The Balaban J connectivity index is 1.85. The molecule has 0 heterocycles. The van der Waals surface area contributed by atoms with Gasteiger partial charge in [0.1, 0.15) is 0 Å². The molecule has 0 bridgehead atoms. The molecule has 2 aliphatic carbocycles. The van der Waals surface area contributed by atoms with Gasteiger partial charge >= 0.3 is 0 Å². The summed E-state index contributed by atoms with van der Waals surface area (Å²) in [7, 11) is 0. The summed E-state index contributed by atoms with van der Waals surface area (Å²) in [6.45, 7) is 6.53. The zero-order valence-corrected chi connectivity index (χ0v) is 10.9. The number of hydrogen-bond acceptors (Lipinski definition) is 2. The molecular weight excluding hydrogens is 198 g/mol. The third-order valence-electron chi connectivity index (χ3n) is 4.59. The molecule has 2 aliphatic rings. The zero-order chi connectivity index (χ0) is 11.4. The van der Waals surface area contributed by atoms with Crippen LogP contribution < -0.4 is 5.32 Å². The number of hydrogen-bond donors (Lipinski definition) is 1. The Bertz CT molecular complexity index is 209. The van der Waals surface area contributed by atoms with Crippen LogP contribution in [0.2, 0.25) is 0 Å². The predicted molar refractivity (Wildman–Crippen MR) is 67.6 cm³/mol. The molecule has 2 rings (SSSR count). The highest BCUT2D eigenvalue weighted by molar-refractivity contribution is 5.09. The molecule has 1 spiro atoms. The van der Waals surface area contributed by atoms with Crippen LogP contribution in [0.3, 0.4) is 0 Å². The highest BCUT2D eigenvalue weighted by Gasteiger charge is 2.56. The summed E-state index contributed by atoms with van der Waals surface area (Å²) in [5.41, 5.74) is 0.518. The van der Waals surface area contributed by atoms with E-state index in [1.165, 1.54) is 44.9 Å². The molecule has 0 aromatic rings. The van der Waals surface area contributed by atoms with Crippen molar-refractivity contribution in [3.8, 4) is 0 Å². The molecule has 0 aromatic heterocycles. The quantitative estimate of drug-likeness (QED) is 0.701. The van der Waals surface area contributed by atoms with Crippen molar-refractivity contribution in [2.75, 3.05) is 13.2 Å². The Kier molecular flexibility index (Phi) is 4.26. The molecule has 2 nitrogen and oxygen atoms in total. The van der Waals surface area contributed by atoms with E-state index >= 15 is 0 Å². The van der Waals surface area contributed by atoms with Gasteiger partial charge in [-0.25, -0.2) is 0 Å². The number of nitrogens with one attached hydrogen (secondary N) is 1. The van der Waals surface area contributed by atoms with E-state index in [1.54, 1.807) is 0 Å². The van der Waals surface area contributed by atoms with Crippen molar-refractivity contribution in [2.24, 2.45) is 5.41 Å². The molecule has 94 valence electrons. The van der Waals surface area contributed by atoms with Crippen molar-refractivity contribution in [3.05, 3.63) is 0 Å². The van der Waals surface area contributed by atoms with Crippen molar-refractivity contribution in [1.82, 2.24) is 5.32 Å². The van der Waals surface area contributed by atoms with Gasteiger partial charge in [0.25, 0.3) is 0 Å². The fourth-order valence-electron chi connectivity index (χ4n) is 3.59. The van der Waals surface area contributed by atoms with Gasteiger partial charge in [-0.05, 0) is 32.2 Å². The maximum atomic E-state index is 6.09. The average Bonchev–Trinajstić information content (AvgIpc) is 2.79. The molecule has 0 radical (unpaired) electrons. The second-order valence-electron chi connectivity index (χ2n) is 5.50. The Morgan fingerprint density at radius 1 is 1.25 bits per heavy atom. The first-order valence-corrected chi connectivity index (χ1v) is 7.18. The topological polar surface area (TPSA) is 21.3 Å². The largest absolute Gasteiger partial charge is 0.378 e. The van der Waals surface area contributed by atoms with Gasteiger partial charge in [-0.2, -0.15) is 0 Å². The molecule has 0 aromatic carbocycles. The third kappa shape index (κ3) is 2.14. The minimum Gasteiger partial charge on any atom is -0.378 e. The van der Waals surface area contributed by atoms with Gasteiger partial charge in [-0.15, -0.1) is 0 Å². The van der Waals surface area contributed by atoms with E-state index in [0.29, 0.717) is 11.5 Å². The van der Waals surface area contributed by atoms with Crippen LogP contribution in [0.4, 0.5) is 0 Å². The maximum Gasteiger partial charge on any atom is 0.0661 e. The van der Waals surface area contributed by atoms with E-state index in [2.05, 4.69) is 19.2 Å². The Morgan fingerprint density at radius 2 is 2.00 bits per heavy atom. The molecule has 0 aliphatic heterocycles. The lowest BCUT2D eigenvalue weighted by Gasteiger charge is -2.54. The second kappa shape index (κ2) is 5.50. The van der Waals surface area contributed by atoms with Gasteiger partial charge in [0, 0.05) is 18.1 Å². The fraction of sp³-hybridized carbons (Fsp3) is 1.00. The number of unbranched alkanes of at least 4 members (excludes halogenated alkanes) is 1. The molecule has 0 amide bonds. The molecule has 0 saturated heterocycles. The van der Waals surface area contributed by atoms with Crippen LogP contribution in [0, 0.1) is 5.41 Å². The van der Waals surface area contributed by atoms with E-state index in [-0.39, 0.29) is 0 Å². The smallest absolute Gasteiger partial charge is 0.0661 e. The standard InChI is InChI=1S/C14H27NO/c1-3-5-10-16-13-11-12(15-4-2)14(13)8-6-7-9-14/h12-13,15H,3-11H2,1-2H3. The van der Waals surface area contributed by atoms with E-state index in [1.807, 2.05) is 0 Å². The van der Waals surface area contributed by atoms with Crippen LogP contribution in [0.1, 0.15) is 58.8 Å². The van der Waals surface area contributed by atoms with Gasteiger partial charge < -0.3 is 10.1 Å². The first-order valence-electron chi connectivity index (χ1n) is 7.18. The summed E-state index contributed by atoms with van der Waals surface area (Å²) in [4.78, 5) is 0. The summed E-state index contributed by atoms with van der Waals surface area (Å²) in [6, 6.07) is 0.742. The molecular formula is C14H27NO. The summed E-state index contributed by atoms with van der Waals surface area (Å²) in [5, 5.41) is 3.66. The second-order valence-corrected chi connectivity index (χ2v) is 5.50. The molecule has 2 saturated carbocycles. The van der Waals surface area contributed by atoms with Gasteiger partial charge in [-0.3, -0.25) is 0 Å². The summed E-state index contributed by atoms with van der Waals surface area (Å²) in [6.07, 6.45) is 9.88. The SMILES string of the molecule is CCCCOC1CC(NCC)C12CCCC2. The minimum absolute atomic E-state index is 0.518. The lowest BCUT2D eigenvalue weighted by molar-refractivity contribution is -0.133. The van der Waals surface area contributed by atoms with Crippen molar-refractivity contribution in [2.45, 2.75) is 70.9 Å². The number of ether oxygens (including phenoxy) is 1. The number of rotatable bonds is 6. The van der Waals surface area contributed by atoms with E-state index in [0.717, 1.165) is 19.2 Å². The van der Waals surface area contributed by atoms with Crippen LogP contribution >= 0.6 is 0 Å². The molecule has 2 atom stereocenters. The summed E-state index contributed by atoms with van der Waals surface area (Å²) < 4.78 is 6.09. The zero-order valence-electron chi connectivity index (χ0n) is 10.9. The minimum atomic E-state index is 0.518. The third-order valence-corrected chi connectivity index (χ3v) is 4.59. The average molecular weight is 225 g/mol. The van der Waals surface area contributed by atoms with Gasteiger partial charge in [0.15, 0.2) is 0 Å². The van der Waals surface area contributed by atoms with Crippen molar-refractivity contribution >= 4 is 0 Å². The van der Waals surface area contributed by atoms with E-state index in [9.17, 15) is 0 Å². The molecule has 2 heteroatoms. The fourth-order valence-corrected chi connectivity index (χ4v) is 3.59. The Morgan fingerprint density at radius 3 is 2.62 bits per heavy atom. The Labute approximate surface area is 100 Å². The van der Waals surface area contributed by atoms with Crippen molar-refractivity contribution < 1.29 is 4.74 Å². The van der Waals surface area contributed by atoms with E-state index < -0.39 is 0 Å². The highest BCUT2D eigenvalue weighted by atomic mass is 16.5. The predicted octanol–water partition coefficient (Wildman–Crippen LogP) is 3.11. The lowest BCUT2D eigenvalue weighted by Crippen LogP contribution is -2.62. The molecule has 2 unspecified atom stereocenters. The van der Waals surface area contributed by atoms with Crippen LogP contribution in [-0.2, 0) is 4.74 Å². The lowest BCUT2D eigenvalue weighted by atomic mass is 9.60. The summed E-state index contributed by atoms with van der Waals surface area (Å²) in [5.74, 6) is 0. The van der Waals surface area contributed by atoms with Gasteiger partial charge in [-0.1, -0.05) is 33.1 Å². The maximum absolute atomic E-state index is 6.09. The molecule has 16 heavy (non-hydrogen) atoms. The van der Waals surface area contributed by atoms with Gasteiger partial charge in [0.05, 0.1) is 6.10 Å². The van der Waals surface area contributed by atoms with Gasteiger partial charge in [0.2, 0.25) is 0 Å². The van der Waals surface area contributed by atoms with Crippen LogP contribution in [0.25, 0.3) is 0 Å². The summed E-state index contributed by atoms with van der Waals surface area (Å²) >= 11 is 0. The first-order chi connectivity index (χ1) is 7.83. The first kappa shape index (κ1) is 12.4. The normalized spacial score (nSPS) is 31.9. The van der Waals surface area contributed by atoms with Crippen LogP contribution in [-0.4, -0.2) is 25.3 Å². The van der Waals surface area contributed by atoms with E-state index in [4.69, 9.17) is 4.74 Å². The highest BCUT2D eigenvalue weighted by Crippen LogP contribution is 2.54. The molecule has 2 fully saturated rings.